The Bertz CT molecular complexity index is 402. The Hall–Kier alpha value is -0.860. The lowest BCUT2D eigenvalue weighted by Crippen LogP contribution is -2.42. The fourth-order valence-corrected chi connectivity index (χ4v) is 3.23. The minimum absolute atomic E-state index is 0.160. The molecule has 0 heterocycles. The summed E-state index contributed by atoms with van der Waals surface area (Å²) in [5, 5.41) is 0. The van der Waals surface area contributed by atoms with Crippen molar-refractivity contribution in [2.24, 2.45) is 11.7 Å². The molecule has 1 aromatic rings. The molecule has 19 heavy (non-hydrogen) atoms. The minimum Gasteiger partial charge on any atom is -0.323 e. The van der Waals surface area contributed by atoms with Gasteiger partial charge in [-0.25, -0.2) is 0 Å². The van der Waals surface area contributed by atoms with Crippen LogP contribution in [0.5, 0.6) is 0 Å². The van der Waals surface area contributed by atoms with Gasteiger partial charge in [-0.3, -0.25) is 0 Å². The van der Waals surface area contributed by atoms with Gasteiger partial charge in [-0.1, -0.05) is 44.5 Å². The van der Waals surface area contributed by atoms with Gasteiger partial charge in [-0.15, -0.1) is 0 Å². The van der Waals surface area contributed by atoms with Crippen molar-refractivity contribution >= 4 is 0 Å². The van der Waals surface area contributed by atoms with E-state index < -0.39 is 0 Å². The summed E-state index contributed by atoms with van der Waals surface area (Å²) in [6.07, 6.45) is 4.88. The van der Waals surface area contributed by atoms with Gasteiger partial charge in [0.15, 0.2) is 0 Å². The van der Waals surface area contributed by atoms with Crippen LogP contribution in [0.25, 0.3) is 0 Å². The Morgan fingerprint density at radius 2 is 2.11 bits per heavy atom. The fourth-order valence-electron chi connectivity index (χ4n) is 3.23. The Balaban J connectivity index is 2.14. The van der Waals surface area contributed by atoms with E-state index >= 15 is 0 Å². The number of benzene rings is 1. The number of rotatable bonds is 4. The fraction of sp³-hybridized carbons (Fsp3) is 0.647. The van der Waals surface area contributed by atoms with E-state index in [1.165, 1.54) is 36.8 Å². The third-order valence-electron chi connectivity index (χ3n) is 4.64. The summed E-state index contributed by atoms with van der Waals surface area (Å²) in [5.74, 6) is 0.746. The van der Waals surface area contributed by atoms with Crippen LogP contribution in [0.15, 0.2) is 24.3 Å². The zero-order chi connectivity index (χ0) is 13.8. The van der Waals surface area contributed by atoms with Crippen LogP contribution in [0.3, 0.4) is 0 Å². The van der Waals surface area contributed by atoms with Crippen molar-refractivity contribution in [3.63, 3.8) is 0 Å². The molecule has 1 aromatic carbocycles. The van der Waals surface area contributed by atoms with Crippen molar-refractivity contribution in [2.75, 3.05) is 13.6 Å². The second-order valence-electron chi connectivity index (χ2n) is 6.14. The zero-order valence-corrected chi connectivity index (χ0v) is 12.6. The first-order valence-corrected chi connectivity index (χ1v) is 7.67. The van der Waals surface area contributed by atoms with Gasteiger partial charge >= 0.3 is 0 Å². The molecule has 0 radical (unpaired) electrons. The molecule has 2 nitrogen and oxygen atoms in total. The Morgan fingerprint density at radius 1 is 1.37 bits per heavy atom. The van der Waals surface area contributed by atoms with Gasteiger partial charge in [0.2, 0.25) is 0 Å². The molecule has 0 spiro atoms. The summed E-state index contributed by atoms with van der Waals surface area (Å²) in [6, 6.07) is 9.36. The lowest BCUT2D eigenvalue weighted by atomic mass is 9.95. The molecule has 0 aromatic heterocycles. The SMILES string of the molecule is CCC(C)CN(C)C1CCCc2ccccc2C1N. The van der Waals surface area contributed by atoms with Gasteiger partial charge < -0.3 is 10.6 Å². The monoisotopic (exact) mass is 260 g/mol. The summed E-state index contributed by atoms with van der Waals surface area (Å²) in [6.45, 7) is 5.74. The van der Waals surface area contributed by atoms with E-state index in [4.69, 9.17) is 5.73 Å². The average molecular weight is 260 g/mol. The quantitative estimate of drug-likeness (QED) is 0.841. The maximum absolute atomic E-state index is 6.57. The molecule has 106 valence electrons. The second kappa shape index (κ2) is 6.53. The van der Waals surface area contributed by atoms with Gasteiger partial charge in [-0.05, 0) is 43.4 Å². The first kappa shape index (κ1) is 14.5. The smallest absolute Gasteiger partial charge is 0.0455 e. The van der Waals surface area contributed by atoms with Crippen molar-refractivity contribution in [1.82, 2.24) is 4.90 Å². The van der Waals surface area contributed by atoms with Gasteiger partial charge in [-0.2, -0.15) is 0 Å². The number of hydrogen-bond acceptors (Lipinski definition) is 2. The number of nitrogens with two attached hydrogens (primary N) is 1. The molecular weight excluding hydrogens is 232 g/mol. The molecule has 2 heteroatoms. The standard InChI is InChI=1S/C17H28N2/c1-4-13(2)12-19(3)16-11-7-9-14-8-5-6-10-15(14)17(16)18/h5-6,8,10,13,16-17H,4,7,9,11-12,18H2,1-3H3. The molecule has 0 bridgehead atoms. The molecular formula is C17H28N2. The molecule has 0 fully saturated rings. The van der Waals surface area contributed by atoms with Gasteiger partial charge in [0.1, 0.15) is 0 Å². The molecule has 1 aliphatic rings. The van der Waals surface area contributed by atoms with Crippen LogP contribution in [0.4, 0.5) is 0 Å². The van der Waals surface area contributed by atoms with Gasteiger partial charge in [0, 0.05) is 18.6 Å². The van der Waals surface area contributed by atoms with Crippen molar-refractivity contribution in [3.8, 4) is 0 Å². The van der Waals surface area contributed by atoms with E-state index in [-0.39, 0.29) is 6.04 Å². The molecule has 3 atom stereocenters. The Kier molecular flexibility index (Phi) is 5.00. The minimum atomic E-state index is 0.160. The number of nitrogens with zero attached hydrogens (tertiary/aromatic N) is 1. The number of likely N-dealkylation sites (N-methyl/N-ethyl adjacent to an activating group) is 1. The summed E-state index contributed by atoms with van der Waals surface area (Å²) in [7, 11) is 2.24. The molecule has 2 N–H and O–H groups in total. The van der Waals surface area contributed by atoms with E-state index in [1.54, 1.807) is 0 Å². The number of fused-ring (bicyclic) bond motifs is 1. The second-order valence-corrected chi connectivity index (χ2v) is 6.14. The van der Waals surface area contributed by atoms with E-state index in [9.17, 15) is 0 Å². The summed E-state index contributed by atoms with van der Waals surface area (Å²) >= 11 is 0. The maximum Gasteiger partial charge on any atom is 0.0455 e. The first-order chi connectivity index (χ1) is 9.13. The third-order valence-corrected chi connectivity index (χ3v) is 4.64. The lowest BCUT2D eigenvalue weighted by molar-refractivity contribution is 0.175. The maximum atomic E-state index is 6.57. The normalized spacial score (nSPS) is 24.9. The highest BCUT2D eigenvalue weighted by atomic mass is 15.1. The van der Waals surface area contributed by atoms with Crippen LogP contribution in [0, 0.1) is 5.92 Å². The van der Waals surface area contributed by atoms with E-state index in [0.29, 0.717) is 6.04 Å². The van der Waals surface area contributed by atoms with Crippen LogP contribution < -0.4 is 5.73 Å². The van der Waals surface area contributed by atoms with Crippen LogP contribution in [0.2, 0.25) is 0 Å². The number of aryl methyl sites for hydroxylation is 1. The Labute approximate surface area is 118 Å². The molecule has 0 saturated heterocycles. The molecule has 0 amide bonds. The Morgan fingerprint density at radius 3 is 2.84 bits per heavy atom. The van der Waals surface area contributed by atoms with Crippen LogP contribution >= 0.6 is 0 Å². The molecule has 1 aliphatic carbocycles. The predicted octanol–water partition coefficient (Wildman–Crippen LogP) is 3.37. The molecule has 2 rings (SSSR count). The molecule has 0 aliphatic heterocycles. The predicted molar refractivity (Wildman–Crippen MR) is 82.2 cm³/mol. The van der Waals surface area contributed by atoms with Crippen LogP contribution in [-0.4, -0.2) is 24.5 Å². The van der Waals surface area contributed by atoms with E-state index in [2.05, 4.69) is 50.1 Å². The lowest BCUT2D eigenvalue weighted by Gasteiger charge is -2.33. The summed E-state index contributed by atoms with van der Waals surface area (Å²) < 4.78 is 0. The largest absolute Gasteiger partial charge is 0.323 e. The molecule has 3 unspecified atom stereocenters. The van der Waals surface area contributed by atoms with E-state index in [0.717, 1.165) is 12.5 Å². The van der Waals surface area contributed by atoms with Crippen molar-refractivity contribution in [3.05, 3.63) is 35.4 Å². The zero-order valence-electron chi connectivity index (χ0n) is 12.6. The highest BCUT2D eigenvalue weighted by molar-refractivity contribution is 5.32. The van der Waals surface area contributed by atoms with E-state index in [1.807, 2.05) is 0 Å². The van der Waals surface area contributed by atoms with Crippen LogP contribution in [-0.2, 0) is 6.42 Å². The van der Waals surface area contributed by atoms with Gasteiger partial charge in [0.05, 0.1) is 0 Å². The summed E-state index contributed by atoms with van der Waals surface area (Å²) in [5.41, 5.74) is 9.38. The van der Waals surface area contributed by atoms with Crippen molar-refractivity contribution in [1.29, 1.82) is 0 Å². The van der Waals surface area contributed by atoms with Crippen molar-refractivity contribution in [2.45, 2.75) is 51.6 Å². The van der Waals surface area contributed by atoms with Gasteiger partial charge in [0.25, 0.3) is 0 Å². The first-order valence-electron chi connectivity index (χ1n) is 7.67. The topological polar surface area (TPSA) is 29.3 Å². The third kappa shape index (κ3) is 3.37. The average Bonchev–Trinajstić information content (AvgIpc) is 2.58. The van der Waals surface area contributed by atoms with Crippen molar-refractivity contribution < 1.29 is 0 Å². The molecule has 0 saturated carbocycles. The number of hydrogen-bond donors (Lipinski definition) is 1. The highest BCUT2D eigenvalue weighted by Gasteiger charge is 2.27. The van der Waals surface area contributed by atoms with Crippen LogP contribution in [0.1, 0.15) is 50.3 Å². The highest BCUT2D eigenvalue weighted by Crippen LogP contribution is 2.30. The summed E-state index contributed by atoms with van der Waals surface area (Å²) in [4.78, 5) is 2.49.